The van der Waals surface area contributed by atoms with E-state index in [1.54, 1.807) is 0 Å². The van der Waals surface area contributed by atoms with Gasteiger partial charge in [-0.3, -0.25) is 4.79 Å². The third kappa shape index (κ3) is 11.9. The Labute approximate surface area is 113 Å². The van der Waals surface area contributed by atoms with E-state index in [1.807, 2.05) is 14.1 Å². The maximum absolute atomic E-state index is 11.5. The van der Waals surface area contributed by atoms with Crippen molar-refractivity contribution in [2.75, 3.05) is 27.2 Å². The first kappa shape index (κ1) is 17.4. The fourth-order valence-corrected chi connectivity index (χ4v) is 2.13. The quantitative estimate of drug-likeness (QED) is 0.625. The number of carbonyl (C=O) groups is 1. The van der Waals surface area contributed by atoms with E-state index in [0.717, 1.165) is 19.4 Å². The smallest absolute Gasteiger partial charge is 0.305 e. The maximum atomic E-state index is 11.5. The van der Waals surface area contributed by atoms with Gasteiger partial charge in [0.15, 0.2) is 0 Å². The summed E-state index contributed by atoms with van der Waals surface area (Å²) in [5, 5.41) is 0. The van der Waals surface area contributed by atoms with Crippen LogP contribution in [0.5, 0.6) is 0 Å². The highest BCUT2D eigenvalue weighted by molar-refractivity contribution is 5.69. The second-order valence-corrected chi connectivity index (χ2v) is 6.79. The lowest BCUT2D eigenvalue weighted by Crippen LogP contribution is -2.16. The molecule has 0 saturated carbocycles. The maximum Gasteiger partial charge on any atom is 0.305 e. The molecule has 0 N–H and O–H groups in total. The highest BCUT2D eigenvalue weighted by Gasteiger charge is 2.15. The van der Waals surface area contributed by atoms with Crippen LogP contribution in [0, 0.1) is 11.3 Å². The lowest BCUT2D eigenvalue weighted by atomic mass is 9.84. The number of ether oxygens (including phenoxy) is 1. The molecule has 0 fully saturated rings. The Balaban J connectivity index is 3.56. The second-order valence-electron chi connectivity index (χ2n) is 6.79. The van der Waals surface area contributed by atoms with Crippen molar-refractivity contribution in [3.63, 3.8) is 0 Å². The van der Waals surface area contributed by atoms with E-state index in [9.17, 15) is 4.79 Å². The third-order valence-electron chi connectivity index (χ3n) is 2.82. The molecule has 0 saturated heterocycles. The summed E-state index contributed by atoms with van der Waals surface area (Å²) in [4.78, 5) is 13.5. The average molecular weight is 257 g/mol. The zero-order valence-corrected chi connectivity index (χ0v) is 13.1. The molecule has 0 amide bonds. The molecule has 0 radical (unpaired) electrons. The lowest BCUT2D eigenvalue weighted by molar-refractivity contribution is -0.144. The molecule has 3 heteroatoms. The molecule has 0 bridgehead atoms. The van der Waals surface area contributed by atoms with Gasteiger partial charge in [0, 0.05) is 6.42 Å². The predicted octanol–water partition coefficient (Wildman–Crippen LogP) is 3.33. The van der Waals surface area contributed by atoms with Crippen molar-refractivity contribution in [2.45, 2.75) is 53.4 Å². The number of carbonyl (C=O) groups excluding carboxylic acids is 1. The van der Waals surface area contributed by atoms with Crippen molar-refractivity contribution in [1.29, 1.82) is 0 Å². The number of hydrogen-bond donors (Lipinski definition) is 0. The topological polar surface area (TPSA) is 29.5 Å². The number of nitrogens with zero attached hydrogens (tertiary/aromatic N) is 1. The molecule has 0 aliphatic heterocycles. The molecule has 0 rings (SSSR count). The Hall–Kier alpha value is -0.570. The van der Waals surface area contributed by atoms with Gasteiger partial charge in [-0.05, 0) is 51.2 Å². The van der Waals surface area contributed by atoms with Gasteiger partial charge in [0.1, 0.15) is 0 Å². The first-order valence-electron chi connectivity index (χ1n) is 7.01. The molecule has 0 aliphatic rings. The van der Waals surface area contributed by atoms with Gasteiger partial charge in [0.25, 0.3) is 0 Å². The van der Waals surface area contributed by atoms with E-state index < -0.39 is 0 Å². The van der Waals surface area contributed by atoms with Crippen molar-refractivity contribution in [3.8, 4) is 0 Å². The van der Waals surface area contributed by atoms with Gasteiger partial charge in [0.2, 0.25) is 0 Å². The summed E-state index contributed by atoms with van der Waals surface area (Å²) in [5.74, 6) is 0.555. The number of rotatable bonds is 8. The molecular formula is C15H31NO2. The van der Waals surface area contributed by atoms with Crippen LogP contribution in [0.3, 0.4) is 0 Å². The molecule has 108 valence electrons. The summed E-state index contributed by atoms with van der Waals surface area (Å²) in [6.07, 6.45) is 3.55. The van der Waals surface area contributed by atoms with Crippen LogP contribution in [0.2, 0.25) is 0 Å². The molecular weight excluding hydrogens is 226 g/mol. The van der Waals surface area contributed by atoms with Crippen LogP contribution >= 0.6 is 0 Å². The van der Waals surface area contributed by atoms with Gasteiger partial charge in [-0.15, -0.1) is 0 Å². The zero-order valence-electron chi connectivity index (χ0n) is 13.1. The largest absolute Gasteiger partial charge is 0.466 e. The Kier molecular flexibility index (Phi) is 8.25. The molecule has 18 heavy (non-hydrogen) atoms. The Morgan fingerprint density at radius 3 is 2.39 bits per heavy atom. The van der Waals surface area contributed by atoms with Gasteiger partial charge in [0.05, 0.1) is 6.61 Å². The average Bonchev–Trinajstić information content (AvgIpc) is 2.13. The van der Waals surface area contributed by atoms with Crippen molar-refractivity contribution in [1.82, 2.24) is 4.90 Å². The van der Waals surface area contributed by atoms with Gasteiger partial charge < -0.3 is 9.64 Å². The van der Waals surface area contributed by atoms with E-state index in [2.05, 4.69) is 32.6 Å². The normalized spacial score (nSPS) is 13.7. The number of esters is 1. The van der Waals surface area contributed by atoms with Crippen LogP contribution in [0.4, 0.5) is 0 Å². The molecule has 0 spiro atoms. The monoisotopic (exact) mass is 257 g/mol. The van der Waals surface area contributed by atoms with E-state index in [4.69, 9.17) is 4.74 Å². The van der Waals surface area contributed by atoms with Crippen LogP contribution in [-0.4, -0.2) is 38.1 Å². The highest BCUT2D eigenvalue weighted by atomic mass is 16.5. The summed E-state index contributed by atoms with van der Waals surface area (Å²) in [5.41, 5.74) is 0.356. The Morgan fingerprint density at radius 1 is 1.28 bits per heavy atom. The molecule has 0 aromatic carbocycles. The summed E-state index contributed by atoms with van der Waals surface area (Å²) in [6.45, 7) is 10.5. The van der Waals surface area contributed by atoms with Crippen LogP contribution in [-0.2, 0) is 9.53 Å². The Bertz CT molecular complexity index is 231. The first-order chi connectivity index (χ1) is 8.20. The fourth-order valence-electron chi connectivity index (χ4n) is 2.13. The first-order valence-corrected chi connectivity index (χ1v) is 7.01. The van der Waals surface area contributed by atoms with E-state index in [0.29, 0.717) is 24.4 Å². The minimum Gasteiger partial charge on any atom is -0.466 e. The van der Waals surface area contributed by atoms with Crippen LogP contribution < -0.4 is 0 Å². The third-order valence-corrected chi connectivity index (χ3v) is 2.82. The molecule has 0 aromatic heterocycles. The summed E-state index contributed by atoms with van der Waals surface area (Å²) < 4.78 is 5.25. The molecule has 0 heterocycles. The van der Waals surface area contributed by atoms with Crippen molar-refractivity contribution < 1.29 is 9.53 Å². The lowest BCUT2D eigenvalue weighted by Gasteiger charge is -2.23. The molecule has 1 atom stereocenters. The van der Waals surface area contributed by atoms with E-state index >= 15 is 0 Å². The molecule has 1 unspecified atom stereocenters. The fraction of sp³-hybridized carbons (Fsp3) is 0.933. The van der Waals surface area contributed by atoms with E-state index in [1.165, 1.54) is 6.42 Å². The van der Waals surface area contributed by atoms with Gasteiger partial charge in [-0.25, -0.2) is 0 Å². The second kappa shape index (κ2) is 8.52. The Morgan fingerprint density at radius 2 is 1.89 bits per heavy atom. The van der Waals surface area contributed by atoms with Crippen LogP contribution in [0.25, 0.3) is 0 Å². The predicted molar refractivity (Wildman–Crippen MR) is 76.6 cm³/mol. The minimum absolute atomic E-state index is 0.0557. The van der Waals surface area contributed by atoms with Gasteiger partial charge in [-0.2, -0.15) is 0 Å². The molecule has 3 nitrogen and oxygen atoms in total. The SMILES string of the molecule is CC(CCOC(=O)CCCN(C)C)CC(C)(C)C. The van der Waals surface area contributed by atoms with E-state index in [-0.39, 0.29) is 5.97 Å². The minimum atomic E-state index is -0.0557. The van der Waals surface area contributed by atoms with Crippen molar-refractivity contribution in [3.05, 3.63) is 0 Å². The molecule has 0 aliphatic carbocycles. The van der Waals surface area contributed by atoms with Crippen molar-refractivity contribution in [2.24, 2.45) is 11.3 Å². The van der Waals surface area contributed by atoms with Gasteiger partial charge >= 0.3 is 5.97 Å². The highest BCUT2D eigenvalue weighted by Crippen LogP contribution is 2.25. The molecule has 0 aromatic rings. The number of hydrogen-bond acceptors (Lipinski definition) is 3. The van der Waals surface area contributed by atoms with Crippen LogP contribution in [0.1, 0.15) is 53.4 Å². The summed E-state index contributed by atoms with van der Waals surface area (Å²) >= 11 is 0. The zero-order chi connectivity index (χ0) is 14.2. The van der Waals surface area contributed by atoms with Crippen molar-refractivity contribution >= 4 is 5.97 Å². The summed E-state index contributed by atoms with van der Waals surface area (Å²) in [6, 6.07) is 0. The standard InChI is InChI=1S/C15H31NO2/c1-13(12-15(2,3)4)9-11-18-14(17)8-7-10-16(5)6/h13H,7-12H2,1-6H3. The van der Waals surface area contributed by atoms with Gasteiger partial charge in [-0.1, -0.05) is 27.7 Å². The van der Waals surface area contributed by atoms with Crippen LogP contribution in [0.15, 0.2) is 0 Å². The summed E-state index contributed by atoms with van der Waals surface area (Å²) in [7, 11) is 4.03.